The van der Waals surface area contributed by atoms with E-state index in [1.807, 2.05) is 0 Å². The maximum absolute atomic E-state index is 12.1. The number of piperazine rings is 1. The van der Waals surface area contributed by atoms with Crippen molar-refractivity contribution in [3.8, 4) is 0 Å². The Hall–Kier alpha value is -1.51. The standard InChI is InChI=1S/C17H24N2O/c1-13(2)15-4-3-5-16(12-15)18-8-10-19(11-9-18)17(20)14-6-7-14/h3-5,12-14H,6-11H2,1-2H3. The monoisotopic (exact) mass is 272 g/mol. The van der Waals surface area contributed by atoms with Gasteiger partial charge in [0.15, 0.2) is 0 Å². The van der Waals surface area contributed by atoms with Gasteiger partial charge in [-0.05, 0) is 36.5 Å². The summed E-state index contributed by atoms with van der Waals surface area (Å²) in [6.07, 6.45) is 2.21. The largest absolute Gasteiger partial charge is 0.368 e. The van der Waals surface area contributed by atoms with Crippen LogP contribution < -0.4 is 4.90 Å². The summed E-state index contributed by atoms with van der Waals surface area (Å²) in [5, 5.41) is 0. The van der Waals surface area contributed by atoms with E-state index >= 15 is 0 Å². The summed E-state index contributed by atoms with van der Waals surface area (Å²) in [6, 6.07) is 8.82. The molecule has 3 heteroatoms. The number of carbonyl (C=O) groups excluding carboxylic acids is 1. The minimum Gasteiger partial charge on any atom is -0.368 e. The van der Waals surface area contributed by atoms with Gasteiger partial charge in [0.2, 0.25) is 5.91 Å². The summed E-state index contributed by atoms with van der Waals surface area (Å²) in [7, 11) is 0. The van der Waals surface area contributed by atoms with Gasteiger partial charge in [-0.25, -0.2) is 0 Å². The van der Waals surface area contributed by atoms with Gasteiger partial charge < -0.3 is 9.80 Å². The Morgan fingerprint density at radius 2 is 1.85 bits per heavy atom. The van der Waals surface area contributed by atoms with Crippen molar-refractivity contribution in [1.29, 1.82) is 0 Å². The Morgan fingerprint density at radius 1 is 1.15 bits per heavy atom. The number of nitrogens with zero attached hydrogens (tertiary/aromatic N) is 2. The number of rotatable bonds is 3. The molecular formula is C17H24N2O. The molecule has 0 spiro atoms. The van der Waals surface area contributed by atoms with Crippen LogP contribution in [0, 0.1) is 5.92 Å². The Morgan fingerprint density at radius 3 is 2.45 bits per heavy atom. The van der Waals surface area contributed by atoms with E-state index in [0.717, 1.165) is 39.0 Å². The van der Waals surface area contributed by atoms with Gasteiger partial charge in [-0.3, -0.25) is 4.79 Å². The molecule has 0 bridgehead atoms. The van der Waals surface area contributed by atoms with Gasteiger partial charge in [0, 0.05) is 37.8 Å². The third-order valence-corrected chi connectivity index (χ3v) is 4.42. The molecule has 1 heterocycles. The second-order valence-electron chi connectivity index (χ2n) is 6.34. The lowest BCUT2D eigenvalue weighted by Gasteiger charge is -2.36. The Bertz CT molecular complexity index is 486. The summed E-state index contributed by atoms with van der Waals surface area (Å²) in [4.78, 5) is 16.5. The van der Waals surface area contributed by atoms with Crippen molar-refractivity contribution >= 4 is 11.6 Å². The molecule has 2 fully saturated rings. The van der Waals surface area contributed by atoms with Crippen LogP contribution >= 0.6 is 0 Å². The third kappa shape index (κ3) is 2.82. The molecule has 1 saturated heterocycles. The average molecular weight is 272 g/mol. The zero-order valence-electron chi connectivity index (χ0n) is 12.5. The molecule has 2 aliphatic rings. The van der Waals surface area contributed by atoms with Crippen molar-refractivity contribution in [2.45, 2.75) is 32.6 Å². The molecule has 1 aromatic rings. The number of amides is 1. The summed E-state index contributed by atoms with van der Waals surface area (Å²) in [6.45, 7) is 8.12. The van der Waals surface area contributed by atoms with E-state index in [4.69, 9.17) is 0 Å². The minimum atomic E-state index is 0.353. The number of carbonyl (C=O) groups is 1. The topological polar surface area (TPSA) is 23.6 Å². The molecule has 0 aromatic heterocycles. The fourth-order valence-electron chi connectivity index (χ4n) is 2.85. The van der Waals surface area contributed by atoms with Gasteiger partial charge in [-0.1, -0.05) is 26.0 Å². The molecule has 0 radical (unpaired) electrons. The van der Waals surface area contributed by atoms with E-state index in [1.54, 1.807) is 0 Å². The van der Waals surface area contributed by atoms with E-state index in [2.05, 4.69) is 47.9 Å². The van der Waals surface area contributed by atoms with Crippen molar-refractivity contribution in [2.75, 3.05) is 31.1 Å². The molecular weight excluding hydrogens is 248 g/mol. The molecule has 0 N–H and O–H groups in total. The molecule has 1 aliphatic heterocycles. The van der Waals surface area contributed by atoms with Gasteiger partial charge in [0.1, 0.15) is 0 Å². The van der Waals surface area contributed by atoms with Crippen LogP contribution in [-0.4, -0.2) is 37.0 Å². The lowest BCUT2D eigenvalue weighted by Crippen LogP contribution is -2.49. The van der Waals surface area contributed by atoms with Crippen molar-refractivity contribution in [3.05, 3.63) is 29.8 Å². The molecule has 20 heavy (non-hydrogen) atoms. The lowest BCUT2D eigenvalue weighted by molar-refractivity contribution is -0.132. The molecule has 0 atom stereocenters. The Balaban J connectivity index is 1.62. The van der Waals surface area contributed by atoms with E-state index in [-0.39, 0.29) is 0 Å². The van der Waals surface area contributed by atoms with Crippen molar-refractivity contribution in [3.63, 3.8) is 0 Å². The molecule has 1 amide bonds. The first-order valence-corrected chi connectivity index (χ1v) is 7.79. The molecule has 1 aromatic carbocycles. The van der Waals surface area contributed by atoms with Gasteiger partial charge in [-0.15, -0.1) is 0 Å². The quantitative estimate of drug-likeness (QED) is 0.844. The fraction of sp³-hybridized carbons (Fsp3) is 0.588. The van der Waals surface area contributed by atoms with E-state index in [0.29, 0.717) is 17.7 Å². The fourth-order valence-corrected chi connectivity index (χ4v) is 2.85. The Kier molecular flexibility index (Phi) is 3.68. The van der Waals surface area contributed by atoms with E-state index in [9.17, 15) is 4.79 Å². The molecule has 108 valence electrons. The second-order valence-corrected chi connectivity index (χ2v) is 6.34. The highest BCUT2D eigenvalue weighted by Crippen LogP contribution is 2.31. The number of benzene rings is 1. The first-order valence-electron chi connectivity index (χ1n) is 7.79. The van der Waals surface area contributed by atoms with E-state index < -0.39 is 0 Å². The third-order valence-electron chi connectivity index (χ3n) is 4.42. The SMILES string of the molecule is CC(C)c1cccc(N2CCN(C(=O)C3CC3)CC2)c1. The highest BCUT2D eigenvalue weighted by molar-refractivity contribution is 5.81. The van der Waals surface area contributed by atoms with Crippen molar-refractivity contribution in [2.24, 2.45) is 5.92 Å². The smallest absolute Gasteiger partial charge is 0.225 e. The zero-order valence-corrected chi connectivity index (χ0v) is 12.5. The average Bonchev–Trinajstić information content (AvgIpc) is 3.31. The van der Waals surface area contributed by atoms with Crippen LogP contribution in [0.25, 0.3) is 0 Å². The van der Waals surface area contributed by atoms with Gasteiger partial charge in [0.05, 0.1) is 0 Å². The summed E-state index contributed by atoms with van der Waals surface area (Å²) < 4.78 is 0. The van der Waals surface area contributed by atoms with Crippen LogP contribution in [0.5, 0.6) is 0 Å². The molecule has 1 aliphatic carbocycles. The first-order chi connectivity index (χ1) is 9.65. The van der Waals surface area contributed by atoms with Crippen LogP contribution in [0.3, 0.4) is 0 Å². The van der Waals surface area contributed by atoms with Crippen molar-refractivity contribution < 1.29 is 4.79 Å². The minimum absolute atomic E-state index is 0.353. The number of hydrogen-bond donors (Lipinski definition) is 0. The molecule has 1 saturated carbocycles. The predicted octanol–water partition coefficient (Wildman–Crippen LogP) is 2.87. The molecule has 3 nitrogen and oxygen atoms in total. The summed E-state index contributed by atoms with van der Waals surface area (Å²) >= 11 is 0. The first kappa shape index (κ1) is 13.5. The number of hydrogen-bond acceptors (Lipinski definition) is 2. The molecule has 0 unspecified atom stereocenters. The van der Waals surface area contributed by atoms with Gasteiger partial charge in [0.25, 0.3) is 0 Å². The molecule has 3 rings (SSSR count). The van der Waals surface area contributed by atoms with Gasteiger partial charge in [-0.2, -0.15) is 0 Å². The maximum Gasteiger partial charge on any atom is 0.225 e. The normalized spacial score (nSPS) is 19.6. The Labute approximate surface area is 121 Å². The van der Waals surface area contributed by atoms with Crippen LogP contribution in [0.1, 0.15) is 38.2 Å². The highest BCUT2D eigenvalue weighted by Gasteiger charge is 2.34. The zero-order chi connectivity index (χ0) is 14.1. The van der Waals surface area contributed by atoms with Crippen molar-refractivity contribution in [1.82, 2.24) is 4.90 Å². The second kappa shape index (κ2) is 5.47. The predicted molar refractivity (Wildman–Crippen MR) is 82.0 cm³/mol. The lowest BCUT2D eigenvalue weighted by atomic mass is 10.0. The summed E-state index contributed by atoms with van der Waals surface area (Å²) in [5.41, 5.74) is 2.69. The van der Waals surface area contributed by atoms with Crippen LogP contribution in [0.2, 0.25) is 0 Å². The maximum atomic E-state index is 12.1. The number of anilines is 1. The van der Waals surface area contributed by atoms with Gasteiger partial charge >= 0.3 is 0 Å². The van der Waals surface area contributed by atoms with Crippen LogP contribution in [0.4, 0.5) is 5.69 Å². The van der Waals surface area contributed by atoms with Crippen LogP contribution in [-0.2, 0) is 4.79 Å². The highest BCUT2D eigenvalue weighted by atomic mass is 16.2. The summed E-state index contributed by atoms with van der Waals surface area (Å²) in [5.74, 6) is 1.30. The van der Waals surface area contributed by atoms with E-state index in [1.165, 1.54) is 11.3 Å². The van der Waals surface area contributed by atoms with Crippen LogP contribution in [0.15, 0.2) is 24.3 Å².